The van der Waals surface area contributed by atoms with Crippen molar-refractivity contribution in [2.75, 3.05) is 6.54 Å². The molecule has 0 atom stereocenters. The molecule has 19 heavy (non-hydrogen) atoms. The fourth-order valence-corrected chi connectivity index (χ4v) is 2.32. The molecule has 0 unspecified atom stereocenters. The SMILES string of the molecule is CCNCc1cc(C)nc(-c2cc(Cl)cc(Cl)c2)n1. The first-order chi connectivity index (χ1) is 9.08. The van der Waals surface area contributed by atoms with Crippen molar-refractivity contribution in [1.29, 1.82) is 0 Å². The van der Waals surface area contributed by atoms with Crippen LogP contribution in [0.4, 0.5) is 0 Å². The minimum Gasteiger partial charge on any atom is -0.311 e. The van der Waals surface area contributed by atoms with Crippen LogP contribution in [0.1, 0.15) is 18.3 Å². The summed E-state index contributed by atoms with van der Waals surface area (Å²) in [6.07, 6.45) is 0. The molecular weight excluding hydrogens is 281 g/mol. The third-order valence-electron chi connectivity index (χ3n) is 2.58. The first-order valence-electron chi connectivity index (χ1n) is 6.10. The van der Waals surface area contributed by atoms with Crippen molar-refractivity contribution in [2.24, 2.45) is 0 Å². The number of hydrogen-bond donors (Lipinski definition) is 1. The van der Waals surface area contributed by atoms with E-state index < -0.39 is 0 Å². The topological polar surface area (TPSA) is 37.8 Å². The summed E-state index contributed by atoms with van der Waals surface area (Å²) in [5.41, 5.74) is 2.72. The zero-order valence-corrected chi connectivity index (χ0v) is 12.4. The zero-order valence-electron chi connectivity index (χ0n) is 10.9. The van der Waals surface area contributed by atoms with Crippen LogP contribution in [0.25, 0.3) is 11.4 Å². The van der Waals surface area contributed by atoms with Crippen molar-refractivity contribution in [2.45, 2.75) is 20.4 Å². The zero-order chi connectivity index (χ0) is 13.8. The number of rotatable bonds is 4. The highest BCUT2D eigenvalue weighted by Gasteiger charge is 2.07. The van der Waals surface area contributed by atoms with E-state index in [2.05, 4.69) is 22.2 Å². The minimum absolute atomic E-state index is 0.584. The van der Waals surface area contributed by atoms with Gasteiger partial charge in [-0.1, -0.05) is 30.1 Å². The predicted molar refractivity (Wildman–Crippen MR) is 79.6 cm³/mol. The van der Waals surface area contributed by atoms with Gasteiger partial charge in [-0.15, -0.1) is 0 Å². The second-order valence-electron chi connectivity index (χ2n) is 4.26. The average Bonchev–Trinajstić information content (AvgIpc) is 2.34. The summed E-state index contributed by atoms with van der Waals surface area (Å²) in [5, 5.41) is 4.42. The second-order valence-corrected chi connectivity index (χ2v) is 5.14. The fraction of sp³-hybridized carbons (Fsp3) is 0.286. The first kappa shape index (κ1) is 14.3. The highest BCUT2D eigenvalue weighted by Crippen LogP contribution is 2.25. The third-order valence-corrected chi connectivity index (χ3v) is 3.02. The van der Waals surface area contributed by atoms with E-state index in [1.807, 2.05) is 25.1 Å². The molecule has 100 valence electrons. The summed E-state index contributed by atoms with van der Waals surface area (Å²) >= 11 is 12.0. The van der Waals surface area contributed by atoms with E-state index in [0.29, 0.717) is 15.9 Å². The molecule has 2 rings (SSSR count). The van der Waals surface area contributed by atoms with Gasteiger partial charge in [0.25, 0.3) is 0 Å². The molecule has 1 heterocycles. The third kappa shape index (κ3) is 3.90. The van der Waals surface area contributed by atoms with Crippen molar-refractivity contribution in [3.05, 3.63) is 45.7 Å². The number of nitrogens with one attached hydrogen (secondary N) is 1. The minimum atomic E-state index is 0.584. The molecule has 0 fully saturated rings. The monoisotopic (exact) mass is 295 g/mol. The molecule has 0 aliphatic rings. The molecule has 0 bridgehead atoms. The predicted octanol–water partition coefficient (Wildman–Crippen LogP) is 3.87. The molecular formula is C14H15Cl2N3. The van der Waals surface area contributed by atoms with Crippen LogP contribution >= 0.6 is 23.2 Å². The van der Waals surface area contributed by atoms with Crippen LogP contribution in [-0.2, 0) is 6.54 Å². The van der Waals surface area contributed by atoms with Crippen molar-refractivity contribution < 1.29 is 0 Å². The summed E-state index contributed by atoms with van der Waals surface area (Å²) in [6.45, 7) is 5.64. The Balaban J connectivity index is 2.40. The highest BCUT2D eigenvalue weighted by atomic mass is 35.5. The molecule has 0 aliphatic carbocycles. The van der Waals surface area contributed by atoms with Crippen LogP contribution < -0.4 is 5.32 Å². The first-order valence-corrected chi connectivity index (χ1v) is 6.86. The Bertz CT molecular complexity index is 565. The largest absolute Gasteiger partial charge is 0.311 e. The lowest BCUT2D eigenvalue weighted by molar-refractivity contribution is 0.708. The van der Waals surface area contributed by atoms with Crippen LogP contribution in [-0.4, -0.2) is 16.5 Å². The molecule has 3 nitrogen and oxygen atoms in total. The highest BCUT2D eigenvalue weighted by molar-refractivity contribution is 6.35. The molecule has 1 N–H and O–H groups in total. The van der Waals surface area contributed by atoms with E-state index in [4.69, 9.17) is 23.2 Å². The molecule has 0 saturated carbocycles. The van der Waals surface area contributed by atoms with Crippen molar-refractivity contribution >= 4 is 23.2 Å². The number of halogens is 2. The van der Waals surface area contributed by atoms with E-state index in [-0.39, 0.29) is 0 Å². The van der Waals surface area contributed by atoms with E-state index in [1.165, 1.54) is 0 Å². The molecule has 5 heteroatoms. The fourth-order valence-electron chi connectivity index (χ4n) is 1.79. The Kier molecular flexibility index (Phi) is 4.75. The molecule has 1 aromatic carbocycles. The Morgan fingerprint density at radius 1 is 1.05 bits per heavy atom. The number of benzene rings is 1. The second kappa shape index (κ2) is 6.33. The lowest BCUT2D eigenvalue weighted by Crippen LogP contribution is -2.13. The van der Waals surface area contributed by atoms with Gasteiger partial charge in [-0.25, -0.2) is 9.97 Å². The van der Waals surface area contributed by atoms with Crippen molar-refractivity contribution in [3.8, 4) is 11.4 Å². The molecule has 0 radical (unpaired) electrons. The lowest BCUT2D eigenvalue weighted by Gasteiger charge is -2.07. The van der Waals surface area contributed by atoms with Crippen LogP contribution in [0.15, 0.2) is 24.3 Å². The number of hydrogen-bond acceptors (Lipinski definition) is 3. The summed E-state index contributed by atoms with van der Waals surface area (Å²) in [4.78, 5) is 8.97. The molecule has 0 aliphatic heterocycles. The number of nitrogens with zero attached hydrogens (tertiary/aromatic N) is 2. The molecule has 0 spiro atoms. The van der Waals surface area contributed by atoms with Crippen LogP contribution in [0.3, 0.4) is 0 Å². The maximum absolute atomic E-state index is 6.01. The normalized spacial score (nSPS) is 10.7. The van der Waals surface area contributed by atoms with Gasteiger partial charge >= 0.3 is 0 Å². The van der Waals surface area contributed by atoms with Gasteiger partial charge in [0.05, 0.1) is 5.69 Å². The van der Waals surface area contributed by atoms with Crippen molar-refractivity contribution in [3.63, 3.8) is 0 Å². The van der Waals surface area contributed by atoms with E-state index in [1.54, 1.807) is 6.07 Å². The Labute approximate surface area is 123 Å². The standard InChI is InChI=1S/C14H15Cl2N3/c1-3-17-8-13-4-9(2)18-14(19-13)10-5-11(15)7-12(16)6-10/h4-7,17H,3,8H2,1-2H3. The molecule has 0 amide bonds. The lowest BCUT2D eigenvalue weighted by atomic mass is 10.2. The Hall–Kier alpha value is -1.16. The van der Waals surface area contributed by atoms with Gasteiger partial charge in [0, 0.05) is 27.8 Å². The summed E-state index contributed by atoms with van der Waals surface area (Å²) in [6, 6.07) is 7.30. The van der Waals surface area contributed by atoms with E-state index >= 15 is 0 Å². The van der Waals surface area contributed by atoms with Gasteiger partial charge in [0.1, 0.15) is 0 Å². The maximum Gasteiger partial charge on any atom is 0.159 e. The van der Waals surface area contributed by atoms with Crippen LogP contribution in [0, 0.1) is 6.92 Å². The Morgan fingerprint density at radius 2 is 1.74 bits per heavy atom. The van der Waals surface area contributed by atoms with E-state index in [9.17, 15) is 0 Å². The molecule has 0 saturated heterocycles. The summed E-state index contributed by atoms with van der Waals surface area (Å²) < 4.78 is 0. The van der Waals surface area contributed by atoms with Gasteiger partial charge in [0.15, 0.2) is 5.82 Å². The van der Waals surface area contributed by atoms with Gasteiger partial charge in [0.2, 0.25) is 0 Å². The molecule has 1 aromatic heterocycles. The van der Waals surface area contributed by atoms with Crippen LogP contribution in [0.2, 0.25) is 10.0 Å². The molecule has 2 aromatic rings. The average molecular weight is 296 g/mol. The number of aromatic nitrogens is 2. The van der Waals surface area contributed by atoms with Gasteiger partial charge < -0.3 is 5.32 Å². The quantitative estimate of drug-likeness (QED) is 0.930. The smallest absolute Gasteiger partial charge is 0.159 e. The summed E-state index contributed by atoms with van der Waals surface area (Å²) in [5.74, 6) is 0.650. The number of aryl methyl sites for hydroxylation is 1. The van der Waals surface area contributed by atoms with Gasteiger partial charge in [-0.2, -0.15) is 0 Å². The summed E-state index contributed by atoms with van der Waals surface area (Å²) in [7, 11) is 0. The maximum atomic E-state index is 6.01. The van der Waals surface area contributed by atoms with E-state index in [0.717, 1.165) is 30.0 Å². The van der Waals surface area contributed by atoms with Crippen LogP contribution in [0.5, 0.6) is 0 Å². The van der Waals surface area contributed by atoms with Crippen molar-refractivity contribution in [1.82, 2.24) is 15.3 Å². The van der Waals surface area contributed by atoms with Gasteiger partial charge in [-0.3, -0.25) is 0 Å². The Morgan fingerprint density at radius 3 is 2.37 bits per heavy atom. The van der Waals surface area contributed by atoms with Gasteiger partial charge in [-0.05, 0) is 37.7 Å².